The number of ether oxygens (including phenoxy) is 3. The third-order valence-corrected chi connectivity index (χ3v) is 2.64. The van der Waals surface area contributed by atoms with Crippen LogP contribution in [0.4, 0.5) is 0 Å². The highest BCUT2D eigenvalue weighted by atomic mass is 35.5. The van der Waals surface area contributed by atoms with Crippen LogP contribution < -0.4 is 0 Å². The second-order valence-electron chi connectivity index (χ2n) is 5.12. The zero-order valence-electron chi connectivity index (χ0n) is 11.3. The Morgan fingerprint density at radius 1 is 1.18 bits per heavy atom. The Morgan fingerprint density at radius 3 is 2.24 bits per heavy atom. The lowest BCUT2D eigenvalue weighted by molar-refractivity contribution is -0.149. The third-order valence-electron chi connectivity index (χ3n) is 2.54. The number of alkyl halides is 1. The molecular weight excluding hydrogens is 244 g/mol. The topological polar surface area (TPSA) is 44.8 Å². The van der Waals surface area contributed by atoms with Crippen LogP contribution >= 0.6 is 11.6 Å². The maximum Gasteiger partial charge on any atom is 0.309 e. The number of carbonyl (C=O) groups excluding carboxylic acids is 1. The first-order chi connectivity index (χ1) is 7.72. The smallest absolute Gasteiger partial charge is 0.309 e. The van der Waals surface area contributed by atoms with Gasteiger partial charge in [0.15, 0.2) is 6.07 Å². The summed E-state index contributed by atoms with van der Waals surface area (Å²) in [5.41, 5.74) is -0.764. The van der Waals surface area contributed by atoms with Gasteiger partial charge in [-0.25, -0.2) is 0 Å². The minimum absolute atomic E-state index is 0.119. The number of esters is 1. The molecule has 0 aromatic rings. The normalized spacial score (nSPS) is 12.6. The van der Waals surface area contributed by atoms with E-state index in [1.165, 1.54) is 0 Å². The van der Waals surface area contributed by atoms with E-state index in [-0.39, 0.29) is 24.1 Å². The van der Waals surface area contributed by atoms with Crippen molar-refractivity contribution in [2.75, 3.05) is 19.8 Å². The largest absolute Gasteiger partial charge is 0.449 e. The molecule has 0 saturated carbocycles. The fourth-order valence-electron chi connectivity index (χ4n) is 1.19. The Bertz CT molecular complexity index is 239. The molecule has 0 aromatic heterocycles. The predicted molar refractivity (Wildman–Crippen MR) is 67.2 cm³/mol. The Balaban J connectivity index is 3.97. The average molecular weight is 267 g/mol. The summed E-state index contributed by atoms with van der Waals surface area (Å²) in [6.45, 7) is 8.21. The second kappa shape index (κ2) is 7.19. The van der Waals surface area contributed by atoms with Crippen molar-refractivity contribution >= 4 is 17.6 Å². The summed E-state index contributed by atoms with van der Waals surface area (Å²) in [6.07, 6.45) is 0.949. The summed E-state index contributed by atoms with van der Waals surface area (Å²) in [5, 5.41) is 0. The van der Waals surface area contributed by atoms with Gasteiger partial charge >= 0.3 is 5.97 Å². The van der Waals surface area contributed by atoms with Crippen molar-refractivity contribution in [1.29, 1.82) is 0 Å². The lowest BCUT2D eigenvalue weighted by atomic mass is 10.0. The molecule has 0 atom stereocenters. The van der Waals surface area contributed by atoms with Crippen molar-refractivity contribution in [2.24, 2.45) is 0 Å². The minimum atomic E-state index is -0.549. The molecule has 0 bridgehead atoms. The van der Waals surface area contributed by atoms with Crippen LogP contribution in [0.3, 0.4) is 0 Å². The molecule has 0 aliphatic heterocycles. The summed E-state index contributed by atoms with van der Waals surface area (Å²) < 4.78 is 15.6. The molecule has 0 spiro atoms. The van der Waals surface area contributed by atoms with Crippen LogP contribution in [0.15, 0.2) is 0 Å². The van der Waals surface area contributed by atoms with Crippen molar-refractivity contribution in [3.05, 3.63) is 0 Å². The van der Waals surface area contributed by atoms with Crippen molar-refractivity contribution in [3.63, 3.8) is 0 Å². The maximum absolute atomic E-state index is 11.3. The third kappa shape index (κ3) is 8.41. The maximum atomic E-state index is 11.3. The highest BCUT2D eigenvalue weighted by Gasteiger charge is 2.25. The van der Waals surface area contributed by atoms with Crippen LogP contribution in [0.1, 0.15) is 40.5 Å². The molecule has 0 radical (unpaired) electrons. The van der Waals surface area contributed by atoms with E-state index < -0.39 is 5.60 Å². The van der Waals surface area contributed by atoms with Gasteiger partial charge in [-0.05, 0) is 34.1 Å². The van der Waals surface area contributed by atoms with Gasteiger partial charge in [-0.1, -0.05) is 11.6 Å². The summed E-state index contributed by atoms with van der Waals surface area (Å²) in [4.78, 5) is 11.3. The number of carbonyl (C=O) groups is 1. The highest BCUT2D eigenvalue weighted by Crippen LogP contribution is 2.19. The molecule has 0 saturated heterocycles. The minimum Gasteiger partial charge on any atom is -0.449 e. The van der Waals surface area contributed by atoms with Crippen molar-refractivity contribution in [3.8, 4) is 0 Å². The van der Waals surface area contributed by atoms with Gasteiger partial charge in [0.1, 0.15) is 0 Å². The van der Waals surface area contributed by atoms with Gasteiger partial charge in [0.25, 0.3) is 0 Å². The van der Waals surface area contributed by atoms with Crippen molar-refractivity contribution in [1.82, 2.24) is 0 Å². The zero-order chi connectivity index (χ0) is 13.5. The molecule has 0 rings (SSSR count). The van der Waals surface area contributed by atoms with Crippen LogP contribution in [-0.4, -0.2) is 37.0 Å². The molecule has 0 amide bonds. The van der Waals surface area contributed by atoms with Crippen LogP contribution in [0.25, 0.3) is 0 Å². The van der Waals surface area contributed by atoms with E-state index in [2.05, 4.69) is 4.74 Å². The first-order valence-electron chi connectivity index (χ1n) is 5.63. The number of methoxy groups -OCH3 is 1. The van der Waals surface area contributed by atoms with Crippen LogP contribution in [0, 0.1) is 0 Å². The quantitative estimate of drug-likeness (QED) is 0.501. The Kier molecular flexibility index (Phi) is 7.05. The van der Waals surface area contributed by atoms with Gasteiger partial charge in [-0.15, -0.1) is 0 Å². The summed E-state index contributed by atoms with van der Waals surface area (Å²) in [7, 11) is 1.67. The second-order valence-corrected chi connectivity index (χ2v) is 5.34. The first-order valence-corrected chi connectivity index (χ1v) is 6.16. The van der Waals surface area contributed by atoms with E-state index in [0.29, 0.717) is 6.61 Å². The van der Waals surface area contributed by atoms with E-state index in [0.717, 1.165) is 6.42 Å². The van der Waals surface area contributed by atoms with Crippen LogP contribution in [0.2, 0.25) is 0 Å². The van der Waals surface area contributed by atoms with Gasteiger partial charge in [0, 0.05) is 7.11 Å². The molecule has 102 valence electrons. The molecule has 4 nitrogen and oxygen atoms in total. The number of hydrogen-bond acceptors (Lipinski definition) is 4. The van der Waals surface area contributed by atoms with E-state index in [4.69, 9.17) is 21.1 Å². The molecule has 0 unspecified atom stereocenters. The standard InChI is InChI=1S/C12H23ClO4/c1-11(2,15-5)6-7-17-12(3,4)8-10(14)16-9-13/h6-9H2,1-5H3. The monoisotopic (exact) mass is 266 g/mol. The fourth-order valence-corrected chi connectivity index (χ4v) is 1.31. The summed E-state index contributed by atoms with van der Waals surface area (Å²) in [6, 6.07) is -0.119. The first kappa shape index (κ1) is 16.7. The summed E-state index contributed by atoms with van der Waals surface area (Å²) in [5.74, 6) is -0.351. The average Bonchev–Trinajstić information content (AvgIpc) is 2.16. The van der Waals surface area contributed by atoms with Crippen LogP contribution in [0.5, 0.6) is 0 Å². The van der Waals surface area contributed by atoms with E-state index >= 15 is 0 Å². The van der Waals surface area contributed by atoms with Gasteiger partial charge in [0.05, 0.1) is 24.2 Å². The Hall–Kier alpha value is -0.320. The predicted octanol–water partition coefficient (Wildman–Crippen LogP) is 2.73. The molecule has 0 heterocycles. The van der Waals surface area contributed by atoms with Gasteiger partial charge in [-0.3, -0.25) is 4.79 Å². The molecule has 0 aliphatic carbocycles. The molecule has 17 heavy (non-hydrogen) atoms. The summed E-state index contributed by atoms with van der Waals surface area (Å²) >= 11 is 5.31. The van der Waals surface area contributed by atoms with Gasteiger partial charge in [-0.2, -0.15) is 0 Å². The highest BCUT2D eigenvalue weighted by molar-refractivity contribution is 6.17. The van der Waals surface area contributed by atoms with E-state index in [1.54, 1.807) is 7.11 Å². The van der Waals surface area contributed by atoms with Crippen molar-refractivity contribution < 1.29 is 19.0 Å². The number of hydrogen-bond donors (Lipinski definition) is 0. The van der Waals surface area contributed by atoms with Gasteiger partial charge in [0.2, 0.25) is 0 Å². The fraction of sp³-hybridized carbons (Fsp3) is 0.917. The lowest BCUT2D eigenvalue weighted by Crippen LogP contribution is -2.32. The molecule has 0 aliphatic rings. The van der Waals surface area contributed by atoms with E-state index in [9.17, 15) is 4.79 Å². The zero-order valence-corrected chi connectivity index (χ0v) is 12.1. The van der Waals surface area contributed by atoms with Gasteiger partial charge < -0.3 is 14.2 Å². The van der Waals surface area contributed by atoms with Crippen molar-refractivity contribution in [2.45, 2.75) is 51.7 Å². The molecule has 0 N–H and O–H groups in total. The van der Waals surface area contributed by atoms with Crippen LogP contribution in [-0.2, 0) is 19.0 Å². The molecular formula is C12H23ClO4. The SMILES string of the molecule is COC(C)(C)CCOC(C)(C)CC(=O)OCCl. The molecule has 5 heteroatoms. The Labute approximate surface area is 109 Å². The number of rotatable bonds is 8. The molecule has 0 fully saturated rings. The number of halogens is 1. The lowest BCUT2D eigenvalue weighted by Gasteiger charge is -2.28. The van der Waals surface area contributed by atoms with E-state index in [1.807, 2.05) is 27.7 Å². The Morgan fingerprint density at radius 2 is 1.76 bits per heavy atom. The molecule has 0 aromatic carbocycles.